The number of fused-ring (bicyclic) bond motifs is 1. The number of nitrogens with one attached hydrogen (secondary N) is 3. The number of carboxylic acid groups (broad SMARTS) is 1. The summed E-state index contributed by atoms with van der Waals surface area (Å²) >= 11 is 0. The molecule has 8 nitrogen and oxygen atoms in total. The highest BCUT2D eigenvalue weighted by atomic mass is 16.4. The molecule has 1 heterocycles. The number of amides is 1. The maximum atomic E-state index is 11.1. The van der Waals surface area contributed by atoms with Crippen LogP contribution in [0.25, 0.3) is 10.9 Å². The number of rotatable bonds is 6. The van der Waals surface area contributed by atoms with Crippen LogP contribution in [0.15, 0.2) is 48.5 Å². The number of aliphatic carboxylic acids is 1. The van der Waals surface area contributed by atoms with E-state index in [0.717, 1.165) is 11.1 Å². The van der Waals surface area contributed by atoms with Gasteiger partial charge in [0.2, 0.25) is 11.9 Å². The van der Waals surface area contributed by atoms with E-state index in [-0.39, 0.29) is 12.5 Å². The number of carbonyl (C=O) groups excluding carboxylic acids is 1. The molecule has 0 atom stereocenters. The van der Waals surface area contributed by atoms with Gasteiger partial charge >= 0.3 is 5.97 Å². The van der Waals surface area contributed by atoms with E-state index in [0.29, 0.717) is 23.0 Å². The fourth-order valence-electron chi connectivity index (χ4n) is 2.40. The van der Waals surface area contributed by atoms with Gasteiger partial charge < -0.3 is 21.1 Å². The summed E-state index contributed by atoms with van der Waals surface area (Å²) in [7, 11) is 0. The van der Waals surface area contributed by atoms with Crippen LogP contribution < -0.4 is 16.0 Å². The zero-order valence-corrected chi connectivity index (χ0v) is 14.0. The second kappa shape index (κ2) is 7.47. The summed E-state index contributed by atoms with van der Waals surface area (Å²) in [4.78, 5) is 30.7. The lowest BCUT2D eigenvalue weighted by Gasteiger charge is -2.11. The minimum atomic E-state index is -0.976. The fourth-order valence-corrected chi connectivity index (χ4v) is 2.40. The Morgan fingerprint density at radius 3 is 2.38 bits per heavy atom. The zero-order valence-electron chi connectivity index (χ0n) is 14.0. The van der Waals surface area contributed by atoms with Crippen LogP contribution in [0, 0.1) is 0 Å². The Balaban J connectivity index is 1.87. The molecule has 0 bridgehead atoms. The van der Waals surface area contributed by atoms with Gasteiger partial charge in [-0.15, -0.1) is 0 Å². The highest BCUT2D eigenvalue weighted by Gasteiger charge is 2.09. The van der Waals surface area contributed by atoms with Crippen molar-refractivity contribution in [1.29, 1.82) is 0 Å². The van der Waals surface area contributed by atoms with Crippen molar-refractivity contribution in [3.05, 3.63) is 48.5 Å². The summed E-state index contributed by atoms with van der Waals surface area (Å²) in [6.07, 6.45) is 0. The molecule has 4 N–H and O–H groups in total. The molecule has 3 rings (SSSR count). The van der Waals surface area contributed by atoms with Crippen LogP contribution in [0.3, 0.4) is 0 Å². The Kier molecular flexibility index (Phi) is 4.93. The summed E-state index contributed by atoms with van der Waals surface area (Å²) in [5.41, 5.74) is 2.11. The van der Waals surface area contributed by atoms with E-state index in [9.17, 15) is 9.59 Å². The fraction of sp³-hybridized carbons (Fsp3) is 0.111. The number of nitrogens with zero attached hydrogens (tertiary/aromatic N) is 2. The third-order valence-corrected chi connectivity index (χ3v) is 3.47. The summed E-state index contributed by atoms with van der Waals surface area (Å²) in [5, 5.41) is 18.2. The predicted molar refractivity (Wildman–Crippen MR) is 99.7 cm³/mol. The quantitative estimate of drug-likeness (QED) is 0.539. The molecule has 0 aliphatic heterocycles. The van der Waals surface area contributed by atoms with Gasteiger partial charge in [0.1, 0.15) is 12.4 Å². The molecule has 0 saturated heterocycles. The first kappa shape index (κ1) is 17.2. The van der Waals surface area contributed by atoms with E-state index in [1.54, 1.807) is 24.3 Å². The molecule has 0 unspecified atom stereocenters. The van der Waals surface area contributed by atoms with Gasteiger partial charge in [-0.2, -0.15) is 4.98 Å². The lowest BCUT2D eigenvalue weighted by molar-refractivity contribution is -0.135. The number of carbonyl (C=O) groups is 2. The van der Waals surface area contributed by atoms with Crippen molar-refractivity contribution in [3.8, 4) is 0 Å². The predicted octanol–water partition coefficient (Wildman–Crippen LogP) is 2.83. The van der Waals surface area contributed by atoms with Crippen LogP contribution in [-0.4, -0.2) is 33.5 Å². The third-order valence-electron chi connectivity index (χ3n) is 3.47. The van der Waals surface area contributed by atoms with Crippen molar-refractivity contribution in [2.24, 2.45) is 0 Å². The Labute approximate surface area is 149 Å². The first-order chi connectivity index (χ1) is 12.5. The molecule has 0 radical (unpaired) electrons. The van der Waals surface area contributed by atoms with E-state index in [2.05, 4.69) is 25.9 Å². The molecule has 0 fully saturated rings. The van der Waals surface area contributed by atoms with Crippen LogP contribution in [0.4, 0.5) is 23.1 Å². The first-order valence-corrected chi connectivity index (χ1v) is 7.88. The number of para-hydroxylation sites is 1. The average Bonchev–Trinajstić information content (AvgIpc) is 2.61. The molecule has 132 valence electrons. The first-order valence-electron chi connectivity index (χ1n) is 7.88. The lowest BCUT2D eigenvalue weighted by atomic mass is 10.2. The molecule has 2 aromatic carbocycles. The van der Waals surface area contributed by atoms with Crippen molar-refractivity contribution in [2.45, 2.75) is 6.92 Å². The number of hydrogen-bond donors (Lipinski definition) is 4. The minimum absolute atomic E-state index is 0.141. The Morgan fingerprint density at radius 1 is 1.00 bits per heavy atom. The van der Waals surface area contributed by atoms with Gasteiger partial charge in [-0.25, -0.2) is 4.98 Å². The largest absolute Gasteiger partial charge is 0.480 e. The maximum absolute atomic E-state index is 11.1. The molecule has 26 heavy (non-hydrogen) atoms. The number of carboxylic acids is 1. The topological polar surface area (TPSA) is 116 Å². The van der Waals surface area contributed by atoms with E-state index in [4.69, 9.17) is 5.11 Å². The molecular weight excluding hydrogens is 334 g/mol. The van der Waals surface area contributed by atoms with Crippen molar-refractivity contribution in [1.82, 2.24) is 9.97 Å². The number of hydrogen-bond acceptors (Lipinski definition) is 6. The molecule has 0 saturated carbocycles. The molecular formula is C18H17N5O3. The second-order valence-electron chi connectivity index (χ2n) is 5.54. The standard InChI is InChI=1S/C18H17N5O3/c1-11(24)20-12-6-8-13(9-7-12)21-18-22-15-5-3-2-4-14(15)17(23-18)19-10-16(25)26/h2-9H,10H2,1H3,(H,20,24)(H,25,26)(H2,19,21,22,23). The monoisotopic (exact) mass is 351 g/mol. The number of anilines is 4. The van der Waals surface area contributed by atoms with Gasteiger partial charge in [0.05, 0.1) is 5.52 Å². The van der Waals surface area contributed by atoms with Crippen LogP contribution >= 0.6 is 0 Å². The molecule has 8 heteroatoms. The van der Waals surface area contributed by atoms with E-state index < -0.39 is 5.97 Å². The van der Waals surface area contributed by atoms with Crippen molar-refractivity contribution >= 4 is 45.9 Å². The Morgan fingerprint density at radius 2 is 1.69 bits per heavy atom. The highest BCUT2D eigenvalue weighted by Crippen LogP contribution is 2.24. The summed E-state index contributed by atoms with van der Waals surface area (Å²) in [5.74, 6) is -0.340. The number of aromatic nitrogens is 2. The molecule has 0 aliphatic rings. The van der Waals surface area contributed by atoms with E-state index in [1.807, 2.05) is 24.3 Å². The Bertz CT molecular complexity index is 957. The van der Waals surface area contributed by atoms with Gasteiger partial charge in [0.15, 0.2) is 0 Å². The lowest BCUT2D eigenvalue weighted by Crippen LogP contribution is -2.14. The van der Waals surface area contributed by atoms with Gasteiger partial charge in [-0.1, -0.05) is 12.1 Å². The van der Waals surface area contributed by atoms with E-state index >= 15 is 0 Å². The van der Waals surface area contributed by atoms with Crippen molar-refractivity contribution < 1.29 is 14.7 Å². The molecule has 0 aliphatic carbocycles. The highest BCUT2D eigenvalue weighted by molar-refractivity contribution is 5.91. The summed E-state index contributed by atoms with van der Waals surface area (Å²) in [6.45, 7) is 1.20. The van der Waals surface area contributed by atoms with Crippen molar-refractivity contribution in [3.63, 3.8) is 0 Å². The molecule has 1 aromatic heterocycles. The number of benzene rings is 2. The van der Waals surface area contributed by atoms with Gasteiger partial charge in [0, 0.05) is 23.7 Å². The Hall–Kier alpha value is -3.68. The summed E-state index contributed by atoms with van der Waals surface area (Å²) in [6, 6.07) is 14.4. The molecule has 3 aromatic rings. The third kappa shape index (κ3) is 4.23. The second-order valence-corrected chi connectivity index (χ2v) is 5.54. The average molecular weight is 351 g/mol. The van der Waals surface area contributed by atoms with Crippen LogP contribution in [0.2, 0.25) is 0 Å². The summed E-state index contributed by atoms with van der Waals surface area (Å²) < 4.78 is 0. The van der Waals surface area contributed by atoms with Crippen LogP contribution in [0.1, 0.15) is 6.92 Å². The normalized spacial score (nSPS) is 10.3. The van der Waals surface area contributed by atoms with Crippen molar-refractivity contribution in [2.75, 3.05) is 22.5 Å². The van der Waals surface area contributed by atoms with Crippen LogP contribution in [0.5, 0.6) is 0 Å². The van der Waals surface area contributed by atoms with Gasteiger partial charge in [0.25, 0.3) is 0 Å². The zero-order chi connectivity index (χ0) is 18.5. The SMILES string of the molecule is CC(=O)Nc1ccc(Nc2nc(NCC(=O)O)c3ccccc3n2)cc1. The smallest absolute Gasteiger partial charge is 0.322 e. The van der Waals surface area contributed by atoms with E-state index in [1.165, 1.54) is 6.92 Å². The minimum Gasteiger partial charge on any atom is -0.480 e. The van der Waals surface area contributed by atoms with Gasteiger partial charge in [-0.05, 0) is 36.4 Å². The molecule has 1 amide bonds. The molecule has 0 spiro atoms. The van der Waals surface area contributed by atoms with Gasteiger partial charge in [-0.3, -0.25) is 9.59 Å². The maximum Gasteiger partial charge on any atom is 0.322 e. The van der Waals surface area contributed by atoms with Crippen LogP contribution in [-0.2, 0) is 9.59 Å².